The zero-order valence-electron chi connectivity index (χ0n) is 7.79. The molecule has 1 heterocycles. The van der Waals surface area contributed by atoms with Crippen molar-refractivity contribution in [3.05, 3.63) is 18.0 Å². The summed E-state index contributed by atoms with van der Waals surface area (Å²) in [5.74, 6) is 0.267. The van der Waals surface area contributed by atoms with E-state index in [9.17, 15) is 4.79 Å². The molecule has 0 unspecified atom stereocenters. The van der Waals surface area contributed by atoms with Gasteiger partial charge < -0.3 is 4.90 Å². The Hall–Kier alpha value is -2.47. The van der Waals surface area contributed by atoms with Crippen LogP contribution in [0.5, 0.6) is 0 Å². The molecular formula is C9H7N5O. The summed E-state index contributed by atoms with van der Waals surface area (Å²) in [7, 11) is 0. The van der Waals surface area contributed by atoms with E-state index in [0.717, 1.165) is 0 Å². The number of carbonyl (C=O) groups is 1. The van der Waals surface area contributed by atoms with E-state index in [1.165, 1.54) is 17.3 Å². The Morgan fingerprint density at radius 3 is 2.20 bits per heavy atom. The third-order valence-corrected chi connectivity index (χ3v) is 1.60. The molecule has 0 aliphatic carbocycles. The number of carbonyl (C=O) groups excluding carboxylic acids is 1. The average Bonchev–Trinajstić information content (AvgIpc) is 2.29. The van der Waals surface area contributed by atoms with E-state index in [-0.39, 0.29) is 19.0 Å². The lowest BCUT2D eigenvalue weighted by atomic mass is 10.4. The maximum absolute atomic E-state index is 10.3. The van der Waals surface area contributed by atoms with Crippen LogP contribution in [0, 0.1) is 22.7 Å². The van der Waals surface area contributed by atoms with Gasteiger partial charge in [0.15, 0.2) is 6.29 Å². The van der Waals surface area contributed by atoms with Gasteiger partial charge in [-0.05, 0) is 0 Å². The van der Waals surface area contributed by atoms with Gasteiger partial charge in [0, 0.05) is 12.4 Å². The van der Waals surface area contributed by atoms with Crippen LogP contribution in [0.4, 0.5) is 5.95 Å². The summed E-state index contributed by atoms with van der Waals surface area (Å²) in [5, 5.41) is 17.0. The van der Waals surface area contributed by atoms with E-state index in [2.05, 4.69) is 9.97 Å². The molecule has 0 spiro atoms. The standard InChI is InChI=1S/C9H7N5O/c10-1-3-14(4-2-11)9-12-5-8(7-15)6-13-9/h5-7H,3-4H2. The second-order valence-corrected chi connectivity index (χ2v) is 2.61. The first-order valence-corrected chi connectivity index (χ1v) is 4.08. The quantitative estimate of drug-likeness (QED) is 0.508. The maximum atomic E-state index is 10.3. The normalized spacial score (nSPS) is 8.67. The molecule has 15 heavy (non-hydrogen) atoms. The van der Waals surface area contributed by atoms with Crippen molar-refractivity contribution in [3.8, 4) is 12.1 Å². The van der Waals surface area contributed by atoms with E-state index < -0.39 is 0 Å². The van der Waals surface area contributed by atoms with Gasteiger partial charge in [-0.1, -0.05) is 0 Å². The third kappa shape index (κ3) is 2.75. The van der Waals surface area contributed by atoms with Crippen LogP contribution in [0.2, 0.25) is 0 Å². The van der Waals surface area contributed by atoms with Crippen LogP contribution >= 0.6 is 0 Å². The van der Waals surface area contributed by atoms with Gasteiger partial charge in [-0.25, -0.2) is 9.97 Å². The third-order valence-electron chi connectivity index (χ3n) is 1.60. The number of nitrogens with zero attached hydrogens (tertiary/aromatic N) is 5. The highest BCUT2D eigenvalue weighted by Crippen LogP contribution is 2.04. The Balaban J connectivity index is 2.87. The molecular weight excluding hydrogens is 194 g/mol. The molecule has 0 saturated heterocycles. The first-order chi connectivity index (χ1) is 7.31. The monoisotopic (exact) mass is 201 g/mol. The molecule has 6 nitrogen and oxygen atoms in total. The molecule has 0 N–H and O–H groups in total. The topological polar surface area (TPSA) is 93.7 Å². The molecule has 0 saturated carbocycles. The van der Waals surface area contributed by atoms with Gasteiger partial charge in [0.1, 0.15) is 13.1 Å². The number of aldehydes is 1. The van der Waals surface area contributed by atoms with Crippen LogP contribution in [0.15, 0.2) is 12.4 Å². The largest absolute Gasteiger partial charge is 0.314 e. The number of aromatic nitrogens is 2. The molecule has 0 aliphatic rings. The van der Waals surface area contributed by atoms with Crippen molar-refractivity contribution >= 4 is 12.2 Å². The number of nitriles is 2. The predicted octanol–water partition coefficient (Wildman–Crippen LogP) is 0.143. The molecule has 1 aromatic rings. The fraction of sp³-hybridized carbons (Fsp3) is 0.222. The first-order valence-electron chi connectivity index (χ1n) is 4.08. The summed E-state index contributed by atoms with van der Waals surface area (Å²) in [6.07, 6.45) is 3.32. The van der Waals surface area contributed by atoms with Crippen molar-refractivity contribution in [1.29, 1.82) is 10.5 Å². The molecule has 1 aromatic heterocycles. The Morgan fingerprint density at radius 1 is 1.27 bits per heavy atom. The lowest BCUT2D eigenvalue weighted by molar-refractivity contribution is 0.112. The van der Waals surface area contributed by atoms with Crippen molar-refractivity contribution < 1.29 is 4.79 Å². The van der Waals surface area contributed by atoms with Gasteiger partial charge in [0.25, 0.3) is 0 Å². The van der Waals surface area contributed by atoms with Gasteiger partial charge in [-0.15, -0.1) is 0 Å². The highest BCUT2D eigenvalue weighted by atomic mass is 16.1. The lowest BCUT2D eigenvalue weighted by Crippen LogP contribution is -2.25. The number of anilines is 1. The Bertz CT molecular complexity index is 398. The Morgan fingerprint density at radius 2 is 1.80 bits per heavy atom. The Labute approximate surface area is 86.4 Å². The molecule has 74 valence electrons. The molecule has 0 radical (unpaired) electrons. The van der Waals surface area contributed by atoms with Gasteiger partial charge >= 0.3 is 0 Å². The van der Waals surface area contributed by atoms with Crippen molar-refractivity contribution in [2.75, 3.05) is 18.0 Å². The number of hydrogen-bond donors (Lipinski definition) is 0. The van der Waals surface area contributed by atoms with Crippen LogP contribution in [-0.4, -0.2) is 29.3 Å². The summed E-state index contributed by atoms with van der Waals surface area (Å²) < 4.78 is 0. The SMILES string of the molecule is N#CCN(CC#N)c1ncc(C=O)cn1. The molecule has 0 bridgehead atoms. The van der Waals surface area contributed by atoms with E-state index in [1.807, 2.05) is 12.1 Å². The molecule has 1 rings (SSSR count). The molecule has 6 heteroatoms. The lowest BCUT2D eigenvalue weighted by Gasteiger charge is -2.14. The highest BCUT2D eigenvalue weighted by molar-refractivity contribution is 5.73. The van der Waals surface area contributed by atoms with Crippen molar-refractivity contribution in [1.82, 2.24) is 9.97 Å². The summed E-state index contributed by atoms with van der Waals surface area (Å²) in [4.78, 5) is 19.5. The van der Waals surface area contributed by atoms with E-state index in [4.69, 9.17) is 10.5 Å². The minimum Gasteiger partial charge on any atom is -0.314 e. The van der Waals surface area contributed by atoms with E-state index in [1.54, 1.807) is 0 Å². The van der Waals surface area contributed by atoms with E-state index >= 15 is 0 Å². The van der Waals surface area contributed by atoms with Crippen molar-refractivity contribution in [2.24, 2.45) is 0 Å². The smallest absolute Gasteiger partial charge is 0.227 e. The zero-order valence-corrected chi connectivity index (χ0v) is 7.79. The first kappa shape index (κ1) is 10.6. The van der Waals surface area contributed by atoms with Gasteiger partial charge in [0.2, 0.25) is 5.95 Å². The number of hydrogen-bond acceptors (Lipinski definition) is 6. The van der Waals surface area contributed by atoms with E-state index in [0.29, 0.717) is 11.8 Å². The maximum Gasteiger partial charge on any atom is 0.227 e. The molecule has 0 aliphatic heterocycles. The molecule has 0 fully saturated rings. The molecule has 0 atom stereocenters. The summed E-state index contributed by atoms with van der Waals surface area (Å²) in [6.45, 7) is 0.0714. The summed E-state index contributed by atoms with van der Waals surface area (Å²) >= 11 is 0. The van der Waals surface area contributed by atoms with Gasteiger partial charge in [-0.2, -0.15) is 10.5 Å². The second-order valence-electron chi connectivity index (χ2n) is 2.61. The molecule has 0 amide bonds. The van der Waals surface area contributed by atoms with Crippen molar-refractivity contribution in [3.63, 3.8) is 0 Å². The average molecular weight is 201 g/mol. The van der Waals surface area contributed by atoms with Crippen LogP contribution in [0.25, 0.3) is 0 Å². The summed E-state index contributed by atoms with van der Waals surface area (Å²) in [5.41, 5.74) is 0.354. The van der Waals surface area contributed by atoms with Gasteiger partial charge in [0.05, 0.1) is 17.7 Å². The second kappa shape index (κ2) is 5.30. The number of rotatable bonds is 4. The minimum atomic E-state index is 0.0357. The van der Waals surface area contributed by atoms with Gasteiger partial charge in [-0.3, -0.25) is 4.79 Å². The summed E-state index contributed by atoms with van der Waals surface area (Å²) in [6, 6.07) is 3.81. The van der Waals surface area contributed by atoms with Crippen LogP contribution in [-0.2, 0) is 0 Å². The highest BCUT2D eigenvalue weighted by Gasteiger charge is 2.07. The fourth-order valence-corrected chi connectivity index (χ4v) is 0.923. The minimum absolute atomic E-state index is 0.0357. The zero-order chi connectivity index (χ0) is 11.1. The predicted molar refractivity (Wildman–Crippen MR) is 50.9 cm³/mol. The van der Waals surface area contributed by atoms with Crippen LogP contribution in [0.3, 0.4) is 0 Å². The van der Waals surface area contributed by atoms with Crippen LogP contribution < -0.4 is 4.90 Å². The molecule has 0 aromatic carbocycles. The van der Waals surface area contributed by atoms with Crippen molar-refractivity contribution in [2.45, 2.75) is 0 Å². The van der Waals surface area contributed by atoms with Crippen LogP contribution in [0.1, 0.15) is 10.4 Å². The fourth-order valence-electron chi connectivity index (χ4n) is 0.923. The Kier molecular flexibility index (Phi) is 3.75.